The molecule has 0 radical (unpaired) electrons. The summed E-state index contributed by atoms with van der Waals surface area (Å²) >= 11 is 5.83. The van der Waals surface area contributed by atoms with E-state index in [1.54, 1.807) is 24.3 Å². The molecule has 2 aromatic rings. The molecule has 0 heterocycles. The van der Waals surface area contributed by atoms with Crippen molar-refractivity contribution in [2.24, 2.45) is 0 Å². The highest BCUT2D eigenvalue weighted by molar-refractivity contribution is 6.30. The van der Waals surface area contributed by atoms with Crippen LogP contribution in [0.5, 0.6) is 5.75 Å². The number of ether oxygens (including phenoxy) is 1. The molecule has 0 bridgehead atoms. The largest absolute Gasteiger partial charge is 0.494 e. The van der Waals surface area contributed by atoms with Crippen LogP contribution in [0.25, 0.3) is 0 Å². The predicted octanol–water partition coefficient (Wildman–Crippen LogP) is 4.35. The molecule has 2 rings (SSSR count). The van der Waals surface area contributed by atoms with Crippen molar-refractivity contribution in [3.63, 3.8) is 0 Å². The van der Waals surface area contributed by atoms with Gasteiger partial charge in [-0.3, -0.25) is 0 Å². The summed E-state index contributed by atoms with van der Waals surface area (Å²) in [6.07, 6.45) is -0.119. The second-order valence-electron chi connectivity index (χ2n) is 4.49. The lowest BCUT2D eigenvalue weighted by Gasteiger charge is -2.13. The van der Waals surface area contributed by atoms with Crippen molar-refractivity contribution in [2.75, 3.05) is 6.61 Å². The fourth-order valence-corrected chi connectivity index (χ4v) is 2.05. The summed E-state index contributed by atoms with van der Waals surface area (Å²) in [5.74, 6) is 0.252. The molecular weight excluding hydrogens is 279 g/mol. The third-order valence-corrected chi connectivity index (χ3v) is 3.16. The van der Waals surface area contributed by atoms with Crippen molar-refractivity contribution < 1.29 is 14.2 Å². The number of aliphatic hydroxyl groups excluding tert-OH is 1. The van der Waals surface area contributed by atoms with Crippen LogP contribution in [0.1, 0.15) is 30.6 Å². The maximum Gasteiger partial charge on any atom is 0.129 e. The normalized spacial score (nSPS) is 12.2. The Morgan fingerprint density at radius 1 is 1.20 bits per heavy atom. The highest BCUT2D eigenvalue weighted by Gasteiger charge is 2.15. The molecule has 4 heteroatoms. The minimum absolute atomic E-state index is 0.166. The van der Waals surface area contributed by atoms with Crippen LogP contribution in [0.2, 0.25) is 5.02 Å². The minimum atomic E-state index is -1.05. The van der Waals surface area contributed by atoms with E-state index in [1.165, 1.54) is 18.2 Å². The van der Waals surface area contributed by atoms with Gasteiger partial charge >= 0.3 is 0 Å². The van der Waals surface area contributed by atoms with Gasteiger partial charge in [0.2, 0.25) is 0 Å². The lowest BCUT2D eigenvalue weighted by atomic mass is 10.0. The molecule has 20 heavy (non-hydrogen) atoms. The molecule has 2 aromatic carbocycles. The highest BCUT2D eigenvalue weighted by Crippen LogP contribution is 2.28. The van der Waals surface area contributed by atoms with Crippen LogP contribution in [-0.4, -0.2) is 11.7 Å². The average molecular weight is 295 g/mol. The summed E-state index contributed by atoms with van der Waals surface area (Å²) in [5.41, 5.74) is 0.759. The smallest absolute Gasteiger partial charge is 0.129 e. The van der Waals surface area contributed by atoms with Crippen LogP contribution < -0.4 is 4.74 Å². The van der Waals surface area contributed by atoms with Crippen LogP contribution in [0.4, 0.5) is 4.39 Å². The second kappa shape index (κ2) is 6.73. The molecule has 0 saturated carbocycles. The second-order valence-corrected chi connectivity index (χ2v) is 4.92. The summed E-state index contributed by atoms with van der Waals surface area (Å²) in [7, 11) is 0. The van der Waals surface area contributed by atoms with Crippen molar-refractivity contribution >= 4 is 11.6 Å². The van der Waals surface area contributed by atoms with Gasteiger partial charge in [0, 0.05) is 10.6 Å². The van der Waals surface area contributed by atoms with E-state index in [0.717, 1.165) is 12.2 Å². The summed E-state index contributed by atoms with van der Waals surface area (Å²) in [6.45, 7) is 2.67. The summed E-state index contributed by atoms with van der Waals surface area (Å²) in [5, 5.41) is 10.6. The molecule has 0 amide bonds. The summed E-state index contributed by atoms with van der Waals surface area (Å²) in [6, 6.07) is 11.1. The van der Waals surface area contributed by atoms with Gasteiger partial charge in [0.1, 0.15) is 17.7 Å². The van der Waals surface area contributed by atoms with Gasteiger partial charge in [-0.2, -0.15) is 0 Å². The number of benzene rings is 2. The van der Waals surface area contributed by atoms with E-state index in [2.05, 4.69) is 0 Å². The Hall–Kier alpha value is -1.58. The maximum atomic E-state index is 13.7. The summed E-state index contributed by atoms with van der Waals surface area (Å²) in [4.78, 5) is 0. The van der Waals surface area contributed by atoms with Crippen LogP contribution >= 0.6 is 11.6 Å². The van der Waals surface area contributed by atoms with E-state index < -0.39 is 11.9 Å². The van der Waals surface area contributed by atoms with Gasteiger partial charge in [-0.15, -0.1) is 0 Å². The Balaban J connectivity index is 2.20. The molecule has 0 aliphatic heterocycles. The zero-order valence-corrected chi connectivity index (χ0v) is 11.9. The number of aliphatic hydroxyl groups is 1. The average Bonchev–Trinajstić information content (AvgIpc) is 2.47. The van der Waals surface area contributed by atoms with Crippen molar-refractivity contribution in [1.82, 2.24) is 0 Å². The quantitative estimate of drug-likeness (QED) is 0.888. The monoisotopic (exact) mass is 294 g/mol. The van der Waals surface area contributed by atoms with Gasteiger partial charge in [-0.25, -0.2) is 4.39 Å². The standard InChI is InChI=1S/C16H16ClFO2/c1-2-9-20-13-6-3-11(4-7-13)16(19)14-10-12(17)5-8-15(14)18/h3-8,10,16,19H,2,9H2,1H3. The zero-order chi connectivity index (χ0) is 14.5. The molecule has 106 valence electrons. The van der Waals surface area contributed by atoms with E-state index in [4.69, 9.17) is 16.3 Å². The Morgan fingerprint density at radius 3 is 2.55 bits per heavy atom. The number of halogens is 2. The Labute approximate surface area is 122 Å². The topological polar surface area (TPSA) is 29.5 Å². The Morgan fingerprint density at radius 2 is 1.90 bits per heavy atom. The molecule has 0 aliphatic rings. The molecule has 2 nitrogen and oxygen atoms in total. The fourth-order valence-electron chi connectivity index (χ4n) is 1.87. The lowest BCUT2D eigenvalue weighted by molar-refractivity contribution is 0.215. The molecule has 0 saturated heterocycles. The molecule has 1 N–H and O–H groups in total. The van der Waals surface area contributed by atoms with E-state index >= 15 is 0 Å². The number of hydrogen-bond donors (Lipinski definition) is 1. The lowest BCUT2D eigenvalue weighted by Crippen LogP contribution is -2.03. The summed E-state index contributed by atoms with van der Waals surface area (Å²) < 4.78 is 19.2. The van der Waals surface area contributed by atoms with Gasteiger partial charge in [0.25, 0.3) is 0 Å². The van der Waals surface area contributed by atoms with E-state index in [1.807, 2.05) is 6.92 Å². The minimum Gasteiger partial charge on any atom is -0.494 e. The first-order valence-corrected chi connectivity index (χ1v) is 6.85. The molecule has 1 atom stereocenters. The third kappa shape index (κ3) is 3.50. The fraction of sp³-hybridized carbons (Fsp3) is 0.250. The Kier molecular flexibility index (Phi) is 4.99. The van der Waals surface area contributed by atoms with E-state index in [0.29, 0.717) is 17.2 Å². The SMILES string of the molecule is CCCOc1ccc(C(O)c2cc(Cl)ccc2F)cc1. The van der Waals surface area contributed by atoms with Crippen LogP contribution in [-0.2, 0) is 0 Å². The van der Waals surface area contributed by atoms with Gasteiger partial charge < -0.3 is 9.84 Å². The molecule has 0 fully saturated rings. The van der Waals surface area contributed by atoms with Gasteiger partial charge in [-0.05, 0) is 42.3 Å². The maximum absolute atomic E-state index is 13.7. The third-order valence-electron chi connectivity index (χ3n) is 2.92. The van der Waals surface area contributed by atoms with Crippen LogP contribution in [0.3, 0.4) is 0 Å². The van der Waals surface area contributed by atoms with E-state index in [-0.39, 0.29) is 5.56 Å². The first-order valence-electron chi connectivity index (χ1n) is 6.47. The van der Waals surface area contributed by atoms with Gasteiger partial charge in [-0.1, -0.05) is 30.7 Å². The molecule has 1 unspecified atom stereocenters. The van der Waals surface area contributed by atoms with Crippen molar-refractivity contribution in [1.29, 1.82) is 0 Å². The first-order chi connectivity index (χ1) is 9.61. The number of hydrogen-bond acceptors (Lipinski definition) is 2. The van der Waals surface area contributed by atoms with E-state index in [9.17, 15) is 9.50 Å². The molecular formula is C16H16ClFO2. The molecule has 0 aliphatic carbocycles. The van der Waals surface area contributed by atoms with Crippen molar-refractivity contribution in [2.45, 2.75) is 19.4 Å². The molecule has 0 aromatic heterocycles. The van der Waals surface area contributed by atoms with Crippen LogP contribution in [0.15, 0.2) is 42.5 Å². The number of rotatable bonds is 5. The zero-order valence-electron chi connectivity index (χ0n) is 11.1. The van der Waals surface area contributed by atoms with Crippen molar-refractivity contribution in [3.8, 4) is 5.75 Å². The first kappa shape index (κ1) is 14.8. The molecule has 0 spiro atoms. The van der Waals surface area contributed by atoms with Gasteiger partial charge in [0.05, 0.1) is 6.61 Å². The van der Waals surface area contributed by atoms with Crippen molar-refractivity contribution in [3.05, 3.63) is 64.4 Å². The Bertz CT molecular complexity index is 569. The highest BCUT2D eigenvalue weighted by atomic mass is 35.5. The predicted molar refractivity (Wildman–Crippen MR) is 77.7 cm³/mol. The van der Waals surface area contributed by atoms with Crippen LogP contribution in [0, 0.1) is 5.82 Å². The van der Waals surface area contributed by atoms with Gasteiger partial charge in [0.15, 0.2) is 0 Å².